The molecule has 0 bridgehead atoms. The van der Waals surface area contributed by atoms with Gasteiger partial charge in [-0.1, -0.05) is 0 Å². The minimum Gasteiger partial charge on any atom is -0.348 e. The fraction of sp³-hybridized carbons (Fsp3) is 0.417. The first kappa shape index (κ1) is 19.9. The van der Waals surface area contributed by atoms with E-state index in [1.807, 2.05) is 0 Å². The number of nitrogens with one attached hydrogen (secondary N) is 2. The Morgan fingerprint density at radius 2 is 1.25 bits per heavy atom. The largest absolute Gasteiger partial charge is 0.439 e. The lowest BCUT2D eigenvalue weighted by Crippen LogP contribution is -2.71. The zero-order valence-corrected chi connectivity index (χ0v) is 11.6. The summed E-state index contributed by atoms with van der Waals surface area (Å²) in [6.45, 7) is 0.431. The van der Waals surface area contributed by atoms with E-state index in [9.17, 15) is 44.3 Å². The maximum absolute atomic E-state index is 13.0. The Bertz CT molecular complexity index is 573. The van der Waals surface area contributed by atoms with Crippen molar-refractivity contribution in [1.29, 1.82) is 0 Å². The number of hydrogen-bond donors (Lipinski definition) is 2. The van der Waals surface area contributed by atoms with Crippen molar-refractivity contribution in [2.75, 3.05) is 5.32 Å². The fourth-order valence-corrected chi connectivity index (χ4v) is 1.70. The molecule has 3 nitrogen and oxygen atoms in total. The van der Waals surface area contributed by atoms with Crippen LogP contribution >= 0.6 is 0 Å². The normalized spacial score (nSPS) is 13.6. The molecule has 0 aromatic heterocycles. The van der Waals surface area contributed by atoms with Gasteiger partial charge < -0.3 is 10.6 Å². The quantitative estimate of drug-likeness (QED) is 0.624. The van der Waals surface area contributed by atoms with Crippen molar-refractivity contribution in [1.82, 2.24) is 5.32 Å². The number of halogens is 9. The van der Waals surface area contributed by atoms with Gasteiger partial charge in [0.05, 0.1) is 5.56 Å². The van der Waals surface area contributed by atoms with Crippen molar-refractivity contribution < 1.29 is 44.3 Å². The van der Waals surface area contributed by atoms with Crippen molar-refractivity contribution in [2.45, 2.75) is 31.1 Å². The zero-order valence-electron chi connectivity index (χ0n) is 11.6. The van der Waals surface area contributed by atoms with E-state index in [0.29, 0.717) is 31.2 Å². The molecule has 0 aliphatic heterocycles. The van der Waals surface area contributed by atoms with Gasteiger partial charge in [-0.2, -0.15) is 39.5 Å². The Morgan fingerprint density at radius 1 is 0.833 bits per heavy atom. The van der Waals surface area contributed by atoms with Gasteiger partial charge in [-0.15, -0.1) is 0 Å². The second-order valence-electron chi connectivity index (χ2n) is 4.63. The Morgan fingerprint density at radius 3 is 1.54 bits per heavy atom. The lowest BCUT2D eigenvalue weighted by Gasteiger charge is -2.38. The van der Waals surface area contributed by atoms with Crippen molar-refractivity contribution in [3.05, 3.63) is 29.8 Å². The second kappa shape index (κ2) is 6.06. The van der Waals surface area contributed by atoms with Gasteiger partial charge in [-0.3, -0.25) is 4.79 Å². The highest BCUT2D eigenvalue weighted by atomic mass is 19.4. The first-order chi connectivity index (χ1) is 10.6. The summed E-state index contributed by atoms with van der Waals surface area (Å²) >= 11 is 0. The summed E-state index contributed by atoms with van der Waals surface area (Å²) < 4.78 is 115. The van der Waals surface area contributed by atoms with Crippen LogP contribution in [0.2, 0.25) is 0 Å². The highest BCUT2D eigenvalue weighted by Gasteiger charge is 2.72. The van der Waals surface area contributed by atoms with Crippen LogP contribution in [0.3, 0.4) is 0 Å². The summed E-state index contributed by atoms with van der Waals surface area (Å²) in [6, 6.07) is 1.37. The van der Waals surface area contributed by atoms with Gasteiger partial charge in [0, 0.05) is 12.6 Å². The average Bonchev–Trinajstić information content (AvgIpc) is 2.34. The molecule has 136 valence electrons. The van der Waals surface area contributed by atoms with Crippen molar-refractivity contribution in [3.8, 4) is 0 Å². The number of rotatable bonds is 3. The lowest BCUT2D eigenvalue weighted by atomic mass is 10.1. The highest BCUT2D eigenvalue weighted by Crippen LogP contribution is 2.43. The van der Waals surface area contributed by atoms with E-state index in [2.05, 4.69) is 0 Å². The molecule has 0 saturated heterocycles. The summed E-state index contributed by atoms with van der Waals surface area (Å²) in [5.41, 5.74) is -7.05. The van der Waals surface area contributed by atoms with Crippen LogP contribution < -0.4 is 10.6 Å². The SMILES string of the molecule is CC(=O)NC(Nc1ccc(C(F)(F)F)cc1)(C(F)(F)F)C(F)(F)F. The van der Waals surface area contributed by atoms with E-state index in [-0.39, 0.29) is 0 Å². The predicted molar refractivity (Wildman–Crippen MR) is 63.7 cm³/mol. The molecular formula is C12H9F9N2O. The molecule has 12 heteroatoms. The molecular weight excluding hydrogens is 359 g/mol. The van der Waals surface area contributed by atoms with Crippen LogP contribution in [0.1, 0.15) is 12.5 Å². The molecule has 1 rings (SSSR count). The van der Waals surface area contributed by atoms with Gasteiger partial charge >= 0.3 is 24.2 Å². The van der Waals surface area contributed by atoms with Crippen molar-refractivity contribution in [2.24, 2.45) is 0 Å². The number of carbonyl (C=O) groups excluding carboxylic acids is 1. The van der Waals surface area contributed by atoms with E-state index in [4.69, 9.17) is 0 Å². The topological polar surface area (TPSA) is 41.1 Å². The molecule has 0 aliphatic carbocycles. The Labute approximate surface area is 128 Å². The van der Waals surface area contributed by atoms with Crippen LogP contribution in [0.15, 0.2) is 24.3 Å². The van der Waals surface area contributed by atoms with Gasteiger partial charge in [0.1, 0.15) is 0 Å². The molecule has 0 saturated carbocycles. The van der Waals surface area contributed by atoms with Gasteiger partial charge in [0.2, 0.25) is 5.91 Å². The lowest BCUT2D eigenvalue weighted by molar-refractivity contribution is -0.295. The van der Waals surface area contributed by atoms with E-state index < -0.39 is 41.3 Å². The molecule has 2 N–H and O–H groups in total. The molecule has 0 unspecified atom stereocenters. The van der Waals surface area contributed by atoms with Crippen molar-refractivity contribution in [3.63, 3.8) is 0 Å². The Kier molecular flexibility index (Phi) is 5.02. The molecule has 0 spiro atoms. The number of anilines is 1. The molecule has 0 fully saturated rings. The predicted octanol–water partition coefficient (Wildman–Crippen LogP) is 4.07. The van der Waals surface area contributed by atoms with Gasteiger partial charge in [0.15, 0.2) is 0 Å². The fourth-order valence-electron chi connectivity index (χ4n) is 1.70. The number of alkyl halides is 9. The number of carbonyl (C=O) groups is 1. The maximum Gasteiger partial charge on any atom is 0.439 e. The molecule has 0 heterocycles. The molecule has 0 aliphatic rings. The molecule has 1 aromatic carbocycles. The Hall–Kier alpha value is -2.14. The number of benzene rings is 1. The summed E-state index contributed by atoms with van der Waals surface area (Å²) in [6.07, 6.45) is -16.9. The second-order valence-corrected chi connectivity index (χ2v) is 4.63. The van der Waals surface area contributed by atoms with Gasteiger partial charge in [-0.05, 0) is 24.3 Å². The summed E-state index contributed by atoms with van der Waals surface area (Å²) in [5, 5.41) is 1.78. The number of hydrogen-bond acceptors (Lipinski definition) is 2. The summed E-state index contributed by atoms with van der Waals surface area (Å²) in [5.74, 6) is -1.65. The van der Waals surface area contributed by atoms with Crippen LogP contribution in [0.5, 0.6) is 0 Å². The van der Waals surface area contributed by atoms with Crippen molar-refractivity contribution >= 4 is 11.6 Å². The minimum atomic E-state index is -6.03. The van der Waals surface area contributed by atoms with Crippen LogP contribution in [-0.4, -0.2) is 23.9 Å². The third-order valence-electron chi connectivity index (χ3n) is 2.76. The monoisotopic (exact) mass is 368 g/mol. The maximum atomic E-state index is 13.0. The van der Waals surface area contributed by atoms with Gasteiger partial charge in [0.25, 0.3) is 0 Å². The molecule has 1 aromatic rings. The molecule has 1 amide bonds. The van der Waals surface area contributed by atoms with E-state index >= 15 is 0 Å². The third-order valence-corrected chi connectivity index (χ3v) is 2.76. The van der Waals surface area contributed by atoms with Crippen LogP contribution in [-0.2, 0) is 11.0 Å². The van der Waals surface area contributed by atoms with Crippen LogP contribution in [0, 0.1) is 0 Å². The van der Waals surface area contributed by atoms with E-state index in [1.165, 1.54) is 0 Å². The van der Waals surface area contributed by atoms with E-state index in [1.54, 1.807) is 0 Å². The van der Waals surface area contributed by atoms with E-state index in [0.717, 1.165) is 10.6 Å². The summed E-state index contributed by atoms with van der Waals surface area (Å²) in [4.78, 5) is 10.8. The molecule has 24 heavy (non-hydrogen) atoms. The van der Waals surface area contributed by atoms with Crippen LogP contribution in [0.4, 0.5) is 45.2 Å². The average molecular weight is 368 g/mol. The Balaban J connectivity index is 3.34. The summed E-state index contributed by atoms with van der Waals surface area (Å²) in [7, 11) is 0. The van der Waals surface area contributed by atoms with Crippen LogP contribution in [0.25, 0.3) is 0 Å². The zero-order chi connectivity index (χ0) is 19.0. The first-order valence-corrected chi connectivity index (χ1v) is 5.98. The standard InChI is InChI=1S/C12H9F9N2O/c1-6(24)22-10(11(16,17)18,12(19,20)21)23-8-4-2-7(3-5-8)9(13,14)15/h2-5,23H,1H3,(H,22,24). The highest BCUT2D eigenvalue weighted by molar-refractivity contribution is 5.75. The number of amides is 1. The minimum absolute atomic E-state index is 0.299. The third kappa shape index (κ3) is 4.03. The first-order valence-electron chi connectivity index (χ1n) is 5.98. The smallest absolute Gasteiger partial charge is 0.348 e. The molecule has 0 atom stereocenters. The van der Waals surface area contributed by atoms with Gasteiger partial charge in [-0.25, -0.2) is 0 Å². The molecule has 0 radical (unpaired) electrons.